The first kappa shape index (κ1) is 10.2. The molecule has 1 aromatic rings. The molecule has 2 N–H and O–H groups in total. The molecule has 0 fully saturated rings. The largest absolute Gasteiger partial charge is 0.327 e. The molecule has 0 unspecified atom stereocenters. The van der Waals surface area contributed by atoms with Gasteiger partial charge in [-0.05, 0) is 24.6 Å². The Labute approximate surface area is 82.0 Å². The monoisotopic (exact) mass is 199 g/mol. The SMILES string of the molecule is Cc1cc(F)c(C=CCN)cc1Cl. The molecule has 0 heterocycles. The molecule has 0 bridgehead atoms. The van der Waals surface area contributed by atoms with Crippen molar-refractivity contribution in [3.8, 4) is 0 Å². The lowest BCUT2D eigenvalue weighted by atomic mass is 10.1. The molecule has 1 nitrogen and oxygen atoms in total. The number of aryl methyl sites for hydroxylation is 1. The summed E-state index contributed by atoms with van der Waals surface area (Å²) in [6.45, 7) is 2.16. The first-order valence-corrected chi connectivity index (χ1v) is 4.35. The maximum atomic E-state index is 13.2. The van der Waals surface area contributed by atoms with Crippen LogP contribution in [0.5, 0.6) is 0 Å². The Morgan fingerprint density at radius 2 is 2.23 bits per heavy atom. The third-order valence-electron chi connectivity index (χ3n) is 1.71. The smallest absolute Gasteiger partial charge is 0.130 e. The van der Waals surface area contributed by atoms with Crippen LogP contribution < -0.4 is 5.73 Å². The zero-order valence-electron chi connectivity index (χ0n) is 7.35. The van der Waals surface area contributed by atoms with Gasteiger partial charge < -0.3 is 5.73 Å². The summed E-state index contributed by atoms with van der Waals surface area (Å²) in [6.07, 6.45) is 3.31. The van der Waals surface area contributed by atoms with Gasteiger partial charge >= 0.3 is 0 Å². The van der Waals surface area contributed by atoms with Crippen molar-refractivity contribution in [2.75, 3.05) is 6.54 Å². The Balaban J connectivity index is 3.08. The van der Waals surface area contributed by atoms with E-state index in [2.05, 4.69) is 0 Å². The molecular weight excluding hydrogens is 189 g/mol. The van der Waals surface area contributed by atoms with Crippen molar-refractivity contribution in [3.05, 3.63) is 40.2 Å². The summed E-state index contributed by atoms with van der Waals surface area (Å²) in [4.78, 5) is 0. The van der Waals surface area contributed by atoms with Crippen LogP contribution in [0.15, 0.2) is 18.2 Å². The van der Waals surface area contributed by atoms with Gasteiger partial charge in [-0.25, -0.2) is 4.39 Å². The lowest BCUT2D eigenvalue weighted by molar-refractivity contribution is 0.624. The van der Waals surface area contributed by atoms with Gasteiger partial charge in [-0.15, -0.1) is 0 Å². The molecule has 0 aliphatic carbocycles. The van der Waals surface area contributed by atoms with Crippen molar-refractivity contribution in [1.82, 2.24) is 0 Å². The van der Waals surface area contributed by atoms with Crippen molar-refractivity contribution in [3.63, 3.8) is 0 Å². The van der Waals surface area contributed by atoms with Gasteiger partial charge in [0.15, 0.2) is 0 Å². The fourth-order valence-electron chi connectivity index (χ4n) is 0.984. The van der Waals surface area contributed by atoms with Gasteiger partial charge in [0, 0.05) is 17.1 Å². The van der Waals surface area contributed by atoms with Crippen molar-refractivity contribution >= 4 is 17.7 Å². The van der Waals surface area contributed by atoms with E-state index in [-0.39, 0.29) is 5.82 Å². The average molecular weight is 200 g/mol. The van der Waals surface area contributed by atoms with Crippen LogP contribution >= 0.6 is 11.6 Å². The number of hydrogen-bond acceptors (Lipinski definition) is 1. The van der Waals surface area contributed by atoms with E-state index in [1.807, 2.05) is 0 Å². The Bertz CT molecular complexity index is 334. The second-order valence-electron chi connectivity index (χ2n) is 2.76. The predicted molar refractivity (Wildman–Crippen MR) is 54.2 cm³/mol. The third kappa shape index (κ3) is 2.54. The first-order chi connectivity index (χ1) is 6.15. The Morgan fingerprint density at radius 1 is 1.54 bits per heavy atom. The number of hydrogen-bond donors (Lipinski definition) is 1. The summed E-state index contributed by atoms with van der Waals surface area (Å²) >= 11 is 5.83. The molecule has 13 heavy (non-hydrogen) atoms. The Morgan fingerprint density at radius 3 is 2.85 bits per heavy atom. The average Bonchev–Trinajstić information content (AvgIpc) is 2.09. The van der Waals surface area contributed by atoms with Crippen LogP contribution in [-0.4, -0.2) is 6.54 Å². The fraction of sp³-hybridized carbons (Fsp3) is 0.200. The first-order valence-electron chi connectivity index (χ1n) is 3.97. The van der Waals surface area contributed by atoms with Crippen molar-refractivity contribution in [2.24, 2.45) is 5.73 Å². The minimum Gasteiger partial charge on any atom is -0.327 e. The lowest BCUT2D eigenvalue weighted by Crippen LogP contribution is -1.93. The summed E-state index contributed by atoms with van der Waals surface area (Å²) in [5.74, 6) is -0.272. The highest BCUT2D eigenvalue weighted by Gasteiger charge is 2.02. The zero-order chi connectivity index (χ0) is 9.84. The molecule has 1 aromatic carbocycles. The van der Waals surface area contributed by atoms with Gasteiger partial charge in [0.2, 0.25) is 0 Å². The molecule has 0 amide bonds. The second-order valence-corrected chi connectivity index (χ2v) is 3.17. The second kappa shape index (κ2) is 4.40. The molecule has 0 atom stereocenters. The molecule has 0 saturated carbocycles. The molecule has 3 heteroatoms. The van der Waals surface area contributed by atoms with Crippen LogP contribution in [0.4, 0.5) is 4.39 Å². The van der Waals surface area contributed by atoms with E-state index < -0.39 is 0 Å². The third-order valence-corrected chi connectivity index (χ3v) is 2.12. The quantitative estimate of drug-likeness (QED) is 0.779. The number of rotatable bonds is 2. The highest BCUT2D eigenvalue weighted by atomic mass is 35.5. The lowest BCUT2D eigenvalue weighted by Gasteiger charge is -2.01. The van der Waals surface area contributed by atoms with Crippen LogP contribution in [0.2, 0.25) is 5.02 Å². The van der Waals surface area contributed by atoms with Crippen LogP contribution in [-0.2, 0) is 0 Å². The van der Waals surface area contributed by atoms with Crippen molar-refractivity contribution in [1.29, 1.82) is 0 Å². The van der Waals surface area contributed by atoms with E-state index in [0.29, 0.717) is 17.1 Å². The van der Waals surface area contributed by atoms with E-state index in [0.717, 1.165) is 5.56 Å². The summed E-state index contributed by atoms with van der Waals surface area (Å²) in [7, 11) is 0. The van der Waals surface area contributed by atoms with E-state index in [4.69, 9.17) is 17.3 Å². The predicted octanol–water partition coefficient (Wildman–Crippen LogP) is 2.76. The topological polar surface area (TPSA) is 26.0 Å². The summed E-state index contributed by atoms with van der Waals surface area (Å²) < 4.78 is 13.2. The molecule has 1 rings (SSSR count). The number of halogens is 2. The van der Waals surface area contributed by atoms with Crippen LogP contribution in [0.3, 0.4) is 0 Å². The van der Waals surface area contributed by atoms with Crippen LogP contribution in [0, 0.1) is 12.7 Å². The Kier molecular flexibility index (Phi) is 3.46. The summed E-state index contributed by atoms with van der Waals surface area (Å²) in [5.41, 5.74) is 6.47. The molecular formula is C10H11ClFN. The summed E-state index contributed by atoms with van der Waals surface area (Å²) in [6, 6.07) is 3.01. The summed E-state index contributed by atoms with van der Waals surface area (Å²) in [5, 5.41) is 0.568. The Hall–Kier alpha value is -0.860. The van der Waals surface area contributed by atoms with Gasteiger partial charge in [-0.1, -0.05) is 23.8 Å². The maximum absolute atomic E-state index is 13.2. The van der Waals surface area contributed by atoms with Gasteiger partial charge in [0.1, 0.15) is 5.82 Å². The minimum atomic E-state index is -0.272. The number of benzene rings is 1. The minimum absolute atomic E-state index is 0.272. The molecule has 0 aromatic heterocycles. The molecule has 0 saturated heterocycles. The highest BCUT2D eigenvalue weighted by molar-refractivity contribution is 6.31. The maximum Gasteiger partial charge on any atom is 0.130 e. The molecule has 0 aliphatic heterocycles. The molecule has 70 valence electrons. The normalized spacial score (nSPS) is 11.1. The number of nitrogens with two attached hydrogens (primary N) is 1. The van der Waals surface area contributed by atoms with E-state index >= 15 is 0 Å². The van der Waals surface area contributed by atoms with Crippen molar-refractivity contribution in [2.45, 2.75) is 6.92 Å². The molecule has 0 radical (unpaired) electrons. The zero-order valence-corrected chi connectivity index (χ0v) is 8.11. The van der Waals surface area contributed by atoms with Gasteiger partial charge in [-0.3, -0.25) is 0 Å². The highest BCUT2D eigenvalue weighted by Crippen LogP contribution is 2.20. The van der Waals surface area contributed by atoms with Gasteiger partial charge in [0.25, 0.3) is 0 Å². The van der Waals surface area contributed by atoms with Crippen LogP contribution in [0.1, 0.15) is 11.1 Å². The van der Waals surface area contributed by atoms with E-state index in [9.17, 15) is 4.39 Å². The standard InChI is InChI=1S/C10H11ClFN/c1-7-5-10(12)8(3-2-4-13)6-9(7)11/h2-3,5-6H,4,13H2,1H3. The molecule has 0 aliphatic rings. The van der Waals surface area contributed by atoms with Crippen LogP contribution in [0.25, 0.3) is 6.08 Å². The van der Waals surface area contributed by atoms with Gasteiger partial charge in [-0.2, -0.15) is 0 Å². The van der Waals surface area contributed by atoms with E-state index in [1.54, 1.807) is 25.1 Å². The van der Waals surface area contributed by atoms with Crippen molar-refractivity contribution < 1.29 is 4.39 Å². The molecule has 0 spiro atoms. The van der Waals surface area contributed by atoms with E-state index in [1.165, 1.54) is 6.07 Å². The van der Waals surface area contributed by atoms with Gasteiger partial charge in [0.05, 0.1) is 0 Å². The fourth-order valence-corrected chi connectivity index (χ4v) is 1.16.